The number of quaternary nitrogens is 1. The Morgan fingerprint density at radius 2 is 2.25 bits per heavy atom. The van der Waals surface area contributed by atoms with Crippen molar-refractivity contribution >= 4 is 23.2 Å². The number of halogens is 1. The molecule has 0 atom stereocenters. The summed E-state index contributed by atoms with van der Waals surface area (Å²) >= 11 is 5.85. The smallest absolute Gasteiger partial charge is 0.279 e. The second kappa shape index (κ2) is 5.27. The molecule has 1 aromatic heterocycles. The number of carbonyl (C=O) groups excluding carboxylic acids is 1. The lowest BCUT2D eigenvalue weighted by atomic mass is 10.4. The van der Waals surface area contributed by atoms with Crippen LogP contribution in [0.4, 0.5) is 5.69 Å². The summed E-state index contributed by atoms with van der Waals surface area (Å²) in [5.74, 6) is 0.00630. The molecule has 0 saturated carbocycles. The first-order chi connectivity index (χ1) is 7.75. The Bertz CT molecular complexity index is 377. The Morgan fingerprint density at radius 3 is 2.94 bits per heavy atom. The molecule has 2 heterocycles. The molecule has 1 aromatic rings. The molecule has 0 spiro atoms. The third-order valence-corrected chi connectivity index (χ3v) is 3.06. The lowest BCUT2D eigenvalue weighted by Gasteiger charge is -2.12. The van der Waals surface area contributed by atoms with Crippen LogP contribution in [-0.2, 0) is 4.79 Å². The van der Waals surface area contributed by atoms with Crippen LogP contribution in [-0.4, -0.2) is 30.5 Å². The molecule has 86 valence electrons. The fraction of sp³-hybridized carbons (Fsp3) is 0.455. The Labute approximate surface area is 99.6 Å². The van der Waals surface area contributed by atoms with Crippen molar-refractivity contribution < 1.29 is 9.69 Å². The zero-order valence-electron chi connectivity index (χ0n) is 9.00. The van der Waals surface area contributed by atoms with Crippen LogP contribution in [0.5, 0.6) is 0 Å². The predicted octanol–water partition coefficient (Wildman–Crippen LogP) is 0.352. The largest absolute Gasteiger partial charge is 0.327 e. The zero-order chi connectivity index (χ0) is 11.4. The predicted molar refractivity (Wildman–Crippen MR) is 62.7 cm³/mol. The maximum absolute atomic E-state index is 11.7. The molecule has 0 bridgehead atoms. The van der Waals surface area contributed by atoms with Crippen LogP contribution < -0.4 is 10.2 Å². The van der Waals surface area contributed by atoms with Crippen molar-refractivity contribution in [3.8, 4) is 0 Å². The first-order valence-electron chi connectivity index (χ1n) is 5.49. The fourth-order valence-corrected chi connectivity index (χ4v) is 2.12. The van der Waals surface area contributed by atoms with E-state index in [-0.39, 0.29) is 5.91 Å². The molecule has 1 amide bonds. The molecule has 0 aliphatic carbocycles. The molecule has 1 saturated heterocycles. The molecule has 2 N–H and O–H groups in total. The minimum atomic E-state index is 0.00630. The topological polar surface area (TPSA) is 46.4 Å². The number of nitrogens with zero attached hydrogens (tertiary/aromatic N) is 1. The highest BCUT2D eigenvalue weighted by Gasteiger charge is 2.19. The Kier molecular flexibility index (Phi) is 3.74. The van der Waals surface area contributed by atoms with Gasteiger partial charge in [-0.05, 0) is 12.1 Å². The first kappa shape index (κ1) is 11.4. The number of amides is 1. The van der Waals surface area contributed by atoms with Crippen LogP contribution in [0, 0.1) is 0 Å². The molecule has 1 aliphatic heterocycles. The van der Waals surface area contributed by atoms with Crippen LogP contribution in [0.15, 0.2) is 18.3 Å². The number of rotatable bonds is 3. The second-order valence-electron chi connectivity index (χ2n) is 4.02. The molecular weight excluding hydrogens is 226 g/mol. The van der Waals surface area contributed by atoms with Crippen molar-refractivity contribution in [1.82, 2.24) is 4.98 Å². The highest BCUT2D eigenvalue weighted by atomic mass is 35.5. The molecule has 1 aliphatic rings. The van der Waals surface area contributed by atoms with Gasteiger partial charge >= 0.3 is 0 Å². The highest BCUT2D eigenvalue weighted by Crippen LogP contribution is 2.16. The van der Waals surface area contributed by atoms with Gasteiger partial charge in [0.2, 0.25) is 0 Å². The summed E-state index contributed by atoms with van der Waals surface area (Å²) in [5, 5.41) is 3.12. The van der Waals surface area contributed by atoms with E-state index in [0.29, 0.717) is 17.4 Å². The van der Waals surface area contributed by atoms with E-state index in [1.54, 1.807) is 18.3 Å². The summed E-state index contributed by atoms with van der Waals surface area (Å²) in [5.41, 5.74) is 0.591. The number of likely N-dealkylation sites (tertiary alicyclic amines) is 1. The number of anilines is 1. The lowest BCUT2D eigenvalue weighted by Crippen LogP contribution is -3.11. The summed E-state index contributed by atoms with van der Waals surface area (Å²) in [4.78, 5) is 17.0. The normalized spacial score (nSPS) is 16.3. The van der Waals surface area contributed by atoms with Crippen LogP contribution in [0.25, 0.3) is 0 Å². The second-order valence-corrected chi connectivity index (χ2v) is 4.38. The van der Waals surface area contributed by atoms with E-state index in [2.05, 4.69) is 10.3 Å². The molecule has 0 radical (unpaired) electrons. The van der Waals surface area contributed by atoms with E-state index in [0.717, 1.165) is 13.1 Å². The average Bonchev–Trinajstić information content (AvgIpc) is 2.74. The summed E-state index contributed by atoms with van der Waals surface area (Å²) in [7, 11) is 0. The van der Waals surface area contributed by atoms with E-state index in [4.69, 9.17) is 11.6 Å². The highest BCUT2D eigenvalue weighted by molar-refractivity contribution is 6.32. The third kappa shape index (κ3) is 2.93. The monoisotopic (exact) mass is 240 g/mol. The van der Waals surface area contributed by atoms with E-state index < -0.39 is 0 Å². The Morgan fingerprint density at radius 1 is 1.50 bits per heavy atom. The van der Waals surface area contributed by atoms with E-state index in [1.807, 2.05) is 0 Å². The van der Waals surface area contributed by atoms with Crippen LogP contribution in [0.2, 0.25) is 5.15 Å². The quantitative estimate of drug-likeness (QED) is 0.750. The van der Waals surface area contributed by atoms with Crippen LogP contribution in [0.1, 0.15) is 12.8 Å². The maximum atomic E-state index is 11.7. The third-order valence-electron chi connectivity index (χ3n) is 2.75. The minimum absolute atomic E-state index is 0.00630. The van der Waals surface area contributed by atoms with Crippen LogP contribution in [0.3, 0.4) is 0 Å². The minimum Gasteiger partial charge on any atom is -0.327 e. The van der Waals surface area contributed by atoms with Crippen molar-refractivity contribution in [3.05, 3.63) is 23.5 Å². The SMILES string of the molecule is O=C(C[NH+]1CCCC1)Nc1cccnc1Cl. The number of pyridine rings is 1. The maximum Gasteiger partial charge on any atom is 0.279 e. The fourth-order valence-electron chi connectivity index (χ4n) is 1.95. The lowest BCUT2D eigenvalue weighted by molar-refractivity contribution is -0.878. The molecule has 5 heteroatoms. The molecule has 2 rings (SSSR count). The van der Waals surface area contributed by atoms with E-state index >= 15 is 0 Å². The van der Waals surface area contributed by atoms with Gasteiger partial charge in [0.1, 0.15) is 0 Å². The zero-order valence-corrected chi connectivity index (χ0v) is 9.76. The van der Waals surface area contributed by atoms with Crippen molar-refractivity contribution in [3.63, 3.8) is 0 Å². The summed E-state index contributed by atoms with van der Waals surface area (Å²) in [6, 6.07) is 3.51. The van der Waals surface area contributed by atoms with Gasteiger partial charge in [0.25, 0.3) is 5.91 Å². The number of carbonyl (C=O) groups is 1. The molecule has 1 fully saturated rings. The summed E-state index contributed by atoms with van der Waals surface area (Å²) in [6.45, 7) is 2.70. The van der Waals surface area contributed by atoms with Crippen molar-refractivity contribution in [2.45, 2.75) is 12.8 Å². The molecule has 0 unspecified atom stereocenters. The Balaban J connectivity index is 1.89. The van der Waals surface area contributed by atoms with Crippen molar-refractivity contribution in [2.24, 2.45) is 0 Å². The average molecular weight is 241 g/mol. The number of aromatic nitrogens is 1. The van der Waals surface area contributed by atoms with Gasteiger partial charge in [-0.25, -0.2) is 4.98 Å². The first-order valence-corrected chi connectivity index (χ1v) is 5.87. The standard InChI is InChI=1S/C11H14ClN3O/c12-11-9(4-3-5-13-11)14-10(16)8-15-6-1-2-7-15/h3-5H,1-2,6-8H2,(H,14,16)/p+1. The van der Waals surface area contributed by atoms with E-state index in [1.165, 1.54) is 17.7 Å². The van der Waals surface area contributed by atoms with Gasteiger partial charge in [0.15, 0.2) is 11.7 Å². The summed E-state index contributed by atoms with van der Waals surface area (Å²) in [6.07, 6.45) is 4.04. The van der Waals surface area contributed by atoms with Gasteiger partial charge < -0.3 is 10.2 Å². The summed E-state index contributed by atoms with van der Waals surface area (Å²) < 4.78 is 0. The number of hydrogen-bond donors (Lipinski definition) is 2. The molecule has 0 aromatic carbocycles. The Hall–Kier alpha value is -1.13. The van der Waals surface area contributed by atoms with E-state index in [9.17, 15) is 4.79 Å². The van der Waals surface area contributed by atoms with Crippen molar-refractivity contribution in [2.75, 3.05) is 25.0 Å². The van der Waals surface area contributed by atoms with Gasteiger partial charge in [0, 0.05) is 19.0 Å². The number of hydrogen-bond acceptors (Lipinski definition) is 2. The molecule has 4 nitrogen and oxygen atoms in total. The van der Waals surface area contributed by atoms with Gasteiger partial charge in [0.05, 0.1) is 18.8 Å². The van der Waals surface area contributed by atoms with Gasteiger partial charge in [-0.2, -0.15) is 0 Å². The van der Waals surface area contributed by atoms with Gasteiger partial charge in [-0.1, -0.05) is 11.6 Å². The van der Waals surface area contributed by atoms with Crippen LogP contribution >= 0.6 is 11.6 Å². The van der Waals surface area contributed by atoms with Gasteiger partial charge in [-0.15, -0.1) is 0 Å². The van der Waals surface area contributed by atoms with Crippen molar-refractivity contribution in [1.29, 1.82) is 0 Å². The number of nitrogens with one attached hydrogen (secondary N) is 2. The molecular formula is C11H15ClN3O+. The van der Waals surface area contributed by atoms with Gasteiger partial charge in [-0.3, -0.25) is 4.79 Å². The molecule has 16 heavy (non-hydrogen) atoms.